The van der Waals surface area contributed by atoms with Crippen LogP contribution in [0.15, 0.2) is 0 Å². The van der Waals surface area contributed by atoms with Crippen LogP contribution < -0.4 is 5.32 Å². The molecule has 0 aromatic carbocycles. The number of hydrogen-bond donors (Lipinski definition) is 1. The Morgan fingerprint density at radius 3 is 2.50 bits per heavy atom. The first kappa shape index (κ1) is 14.3. The summed E-state index contributed by atoms with van der Waals surface area (Å²) in [5, 5.41) is 3.68. The lowest BCUT2D eigenvalue weighted by Gasteiger charge is -2.42. The Labute approximate surface area is 113 Å². The number of nitrogens with one attached hydrogen (secondary N) is 1. The molecule has 0 spiro atoms. The van der Waals surface area contributed by atoms with Gasteiger partial charge in [-0.25, -0.2) is 0 Å². The Balaban J connectivity index is 1.72. The summed E-state index contributed by atoms with van der Waals surface area (Å²) in [6, 6.07) is 1.62. The minimum Gasteiger partial charge on any atom is -0.314 e. The second kappa shape index (κ2) is 7.46. The molecule has 1 unspecified atom stereocenters. The number of likely N-dealkylation sites (tertiary alicyclic amines) is 2. The molecule has 1 N–H and O–H groups in total. The van der Waals surface area contributed by atoms with E-state index >= 15 is 0 Å². The SMILES string of the molecule is CCCNC1CCN(C2CCCN(CC)C2)CC1. The first-order chi connectivity index (χ1) is 8.83. The molecular weight excluding hydrogens is 222 g/mol. The molecule has 2 rings (SSSR count). The number of piperidine rings is 2. The zero-order valence-electron chi connectivity index (χ0n) is 12.3. The molecule has 0 bridgehead atoms. The minimum absolute atomic E-state index is 0.784. The molecule has 0 amide bonds. The lowest BCUT2D eigenvalue weighted by Crippen LogP contribution is -2.52. The fourth-order valence-electron chi connectivity index (χ4n) is 3.43. The first-order valence-corrected chi connectivity index (χ1v) is 8.03. The van der Waals surface area contributed by atoms with E-state index in [1.807, 2.05) is 0 Å². The summed E-state index contributed by atoms with van der Waals surface area (Å²) in [7, 11) is 0. The van der Waals surface area contributed by atoms with Crippen LogP contribution >= 0.6 is 0 Å². The highest BCUT2D eigenvalue weighted by molar-refractivity contribution is 4.85. The van der Waals surface area contributed by atoms with Crippen LogP contribution in [0.5, 0.6) is 0 Å². The van der Waals surface area contributed by atoms with E-state index in [2.05, 4.69) is 29.0 Å². The highest BCUT2D eigenvalue weighted by Gasteiger charge is 2.27. The van der Waals surface area contributed by atoms with Gasteiger partial charge in [-0.1, -0.05) is 13.8 Å². The third-order valence-corrected chi connectivity index (χ3v) is 4.66. The summed E-state index contributed by atoms with van der Waals surface area (Å²) in [4.78, 5) is 5.38. The Hall–Kier alpha value is -0.120. The normalized spacial score (nSPS) is 28.7. The average molecular weight is 253 g/mol. The Morgan fingerprint density at radius 1 is 1.06 bits per heavy atom. The van der Waals surface area contributed by atoms with Crippen LogP contribution in [-0.2, 0) is 0 Å². The van der Waals surface area contributed by atoms with E-state index in [9.17, 15) is 0 Å². The van der Waals surface area contributed by atoms with Gasteiger partial charge >= 0.3 is 0 Å². The Kier molecular flexibility index (Phi) is 5.93. The van der Waals surface area contributed by atoms with Crippen molar-refractivity contribution >= 4 is 0 Å². The lowest BCUT2D eigenvalue weighted by molar-refractivity contribution is 0.0769. The highest BCUT2D eigenvalue weighted by atomic mass is 15.2. The van der Waals surface area contributed by atoms with Gasteiger partial charge in [0.25, 0.3) is 0 Å². The molecule has 0 aliphatic carbocycles. The van der Waals surface area contributed by atoms with Crippen molar-refractivity contribution in [3.63, 3.8) is 0 Å². The van der Waals surface area contributed by atoms with Gasteiger partial charge < -0.3 is 10.2 Å². The average Bonchev–Trinajstić information content (AvgIpc) is 2.46. The van der Waals surface area contributed by atoms with Gasteiger partial charge in [-0.05, 0) is 64.8 Å². The van der Waals surface area contributed by atoms with E-state index in [0.717, 1.165) is 12.1 Å². The molecule has 2 fully saturated rings. The van der Waals surface area contributed by atoms with Gasteiger partial charge in [-0.15, -0.1) is 0 Å². The maximum atomic E-state index is 3.68. The van der Waals surface area contributed by atoms with Crippen LogP contribution in [0.3, 0.4) is 0 Å². The van der Waals surface area contributed by atoms with Gasteiger partial charge in [0.15, 0.2) is 0 Å². The summed E-state index contributed by atoms with van der Waals surface area (Å²) in [5.41, 5.74) is 0. The molecule has 2 aliphatic rings. The number of hydrogen-bond acceptors (Lipinski definition) is 3. The van der Waals surface area contributed by atoms with E-state index in [0.29, 0.717) is 0 Å². The molecule has 106 valence electrons. The largest absolute Gasteiger partial charge is 0.314 e. The van der Waals surface area contributed by atoms with Gasteiger partial charge in [-0.2, -0.15) is 0 Å². The summed E-state index contributed by atoms with van der Waals surface area (Å²) < 4.78 is 0. The van der Waals surface area contributed by atoms with Crippen molar-refractivity contribution in [1.29, 1.82) is 0 Å². The van der Waals surface area contributed by atoms with E-state index in [1.165, 1.54) is 71.4 Å². The maximum Gasteiger partial charge on any atom is 0.0223 e. The Morgan fingerprint density at radius 2 is 1.83 bits per heavy atom. The summed E-state index contributed by atoms with van der Waals surface area (Å²) in [5.74, 6) is 0. The number of nitrogens with zero attached hydrogens (tertiary/aromatic N) is 2. The molecule has 1 atom stereocenters. The van der Waals surface area contributed by atoms with Gasteiger partial charge in [0.05, 0.1) is 0 Å². The van der Waals surface area contributed by atoms with E-state index < -0.39 is 0 Å². The molecular formula is C15H31N3. The van der Waals surface area contributed by atoms with Crippen molar-refractivity contribution in [3.8, 4) is 0 Å². The van der Waals surface area contributed by atoms with Crippen LogP contribution in [-0.4, -0.2) is 61.2 Å². The molecule has 0 aromatic rings. The van der Waals surface area contributed by atoms with Gasteiger partial charge in [0.2, 0.25) is 0 Å². The smallest absolute Gasteiger partial charge is 0.0223 e. The predicted molar refractivity (Wildman–Crippen MR) is 78.0 cm³/mol. The highest BCUT2D eigenvalue weighted by Crippen LogP contribution is 2.20. The van der Waals surface area contributed by atoms with Crippen LogP contribution in [0, 0.1) is 0 Å². The zero-order chi connectivity index (χ0) is 12.8. The molecule has 0 radical (unpaired) electrons. The molecule has 3 nitrogen and oxygen atoms in total. The van der Waals surface area contributed by atoms with Crippen molar-refractivity contribution in [1.82, 2.24) is 15.1 Å². The van der Waals surface area contributed by atoms with E-state index in [-0.39, 0.29) is 0 Å². The topological polar surface area (TPSA) is 18.5 Å². The molecule has 3 heteroatoms. The van der Waals surface area contributed by atoms with E-state index in [4.69, 9.17) is 0 Å². The fraction of sp³-hybridized carbons (Fsp3) is 1.00. The molecule has 2 aliphatic heterocycles. The zero-order valence-corrected chi connectivity index (χ0v) is 12.3. The summed E-state index contributed by atoms with van der Waals surface area (Å²) in [6.07, 6.45) is 6.77. The van der Waals surface area contributed by atoms with Gasteiger partial charge in [-0.3, -0.25) is 4.90 Å². The summed E-state index contributed by atoms with van der Waals surface area (Å²) >= 11 is 0. The van der Waals surface area contributed by atoms with Gasteiger partial charge in [0, 0.05) is 18.6 Å². The van der Waals surface area contributed by atoms with Crippen molar-refractivity contribution in [2.75, 3.05) is 39.3 Å². The molecule has 0 saturated carbocycles. The maximum absolute atomic E-state index is 3.68. The third kappa shape index (κ3) is 3.94. The first-order valence-electron chi connectivity index (χ1n) is 8.03. The molecule has 18 heavy (non-hydrogen) atoms. The fourth-order valence-corrected chi connectivity index (χ4v) is 3.43. The van der Waals surface area contributed by atoms with Crippen LogP contribution in [0.4, 0.5) is 0 Å². The standard InChI is InChI=1S/C15H31N3/c1-3-9-16-14-7-11-18(12-8-14)15-6-5-10-17(4-2)13-15/h14-16H,3-13H2,1-2H3. The van der Waals surface area contributed by atoms with Crippen LogP contribution in [0.25, 0.3) is 0 Å². The minimum atomic E-state index is 0.784. The van der Waals surface area contributed by atoms with Crippen molar-refractivity contribution in [2.45, 2.75) is 58.0 Å². The van der Waals surface area contributed by atoms with Crippen LogP contribution in [0.1, 0.15) is 46.0 Å². The van der Waals surface area contributed by atoms with Crippen molar-refractivity contribution in [3.05, 3.63) is 0 Å². The predicted octanol–water partition coefficient (Wildman–Crippen LogP) is 1.93. The second-order valence-corrected chi connectivity index (χ2v) is 5.95. The quantitative estimate of drug-likeness (QED) is 0.808. The number of likely N-dealkylation sites (N-methyl/N-ethyl adjacent to an activating group) is 1. The van der Waals surface area contributed by atoms with E-state index in [1.54, 1.807) is 0 Å². The van der Waals surface area contributed by atoms with Crippen LogP contribution in [0.2, 0.25) is 0 Å². The summed E-state index contributed by atoms with van der Waals surface area (Å²) in [6.45, 7) is 12.2. The third-order valence-electron chi connectivity index (χ3n) is 4.66. The van der Waals surface area contributed by atoms with Crippen molar-refractivity contribution < 1.29 is 0 Å². The molecule has 0 aromatic heterocycles. The number of rotatable bonds is 5. The lowest BCUT2D eigenvalue weighted by atomic mass is 9.98. The Bertz CT molecular complexity index is 224. The molecule has 2 heterocycles. The van der Waals surface area contributed by atoms with Gasteiger partial charge in [0.1, 0.15) is 0 Å². The monoisotopic (exact) mass is 253 g/mol. The van der Waals surface area contributed by atoms with Crippen molar-refractivity contribution in [2.24, 2.45) is 0 Å². The molecule has 2 saturated heterocycles. The second-order valence-electron chi connectivity index (χ2n) is 5.95.